The van der Waals surface area contributed by atoms with E-state index in [2.05, 4.69) is 21.8 Å². The van der Waals surface area contributed by atoms with E-state index in [0.29, 0.717) is 12.8 Å². The molecule has 0 spiro atoms. The normalized spacial score (nSPS) is 25.3. The quantitative estimate of drug-likeness (QED) is 0.798. The molecule has 1 aliphatic carbocycles. The molecule has 0 radical (unpaired) electrons. The molecule has 0 atom stereocenters. The van der Waals surface area contributed by atoms with Gasteiger partial charge in [0.15, 0.2) is 0 Å². The van der Waals surface area contributed by atoms with E-state index < -0.39 is 17.3 Å². The number of halogens is 3. The van der Waals surface area contributed by atoms with Gasteiger partial charge in [-0.1, -0.05) is 12.8 Å². The Labute approximate surface area is 113 Å². The number of nitrogens with two attached hydrogens (primary N) is 1. The van der Waals surface area contributed by atoms with Crippen LogP contribution in [0.1, 0.15) is 31.3 Å². The molecule has 106 valence electrons. The van der Waals surface area contributed by atoms with Crippen LogP contribution in [0.3, 0.4) is 0 Å². The van der Waals surface area contributed by atoms with Gasteiger partial charge in [-0.05, 0) is 24.8 Å². The number of rotatable bonds is 1. The summed E-state index contributed by atoms with van der Waals surface area (Å²) < 4.78 is 37.3. The Morgan fingerprint density at radius 3 is 2.70 bits per heavy atom. The van der Waals surface area contributed by atoms with Gasteiger partial charge in [0.25, 0.3) is 0 Å². The lowest BCUT2D eigenvalue weighted by Gasteiger charge is -2.39. The summed E-state index contributed by atoms with van der Waals surface area (Å²) in [5.74, 6) is 4.66. The molecule has 0 saturated heterocycles. The Balaban J connectivity index is 2.07. The number of alkyl halides is 3. The number of amides is 1. The molecule has 0 aromatic carbocycles. The van der Waals surface area contributed by atoms with Gasteiger partial charge in [-0.3, -0.25) is 4.79 Å². The molecule has 0 unspecified atom stereocenters. The molecule has 2 N–H and O–H groups in total. The van der Waals surface area contributed by atoms with Crippen molar-refractivity contribution in [2.24, 2.45) is 17.1 Å². The van der Waals surface area contributed by atoms with E-state index >= 15 is 0 Å². The minimum atomic E-state index is -4.51. The second kappa shape index (κ2) is 4.78. The third-order valence-electron chi connectivity index (χ3n) is 3.32. The molecule has 1 aromatic rings. The van der Waals surface area contributed by atoms with Gasteiger partial charge in [-0.2, -0.15) is 13.2 Å². The molecule has 7 heteroatoms. The van der Waals surface area contributed by atoms with Crippen LogP contribution >= 0.6 is 0 Å². The fraction of sp³-hybridized carbons (Fsp3) is 0.462. The van der Waals surface area contributed by atoms with Crippen LogP contribution < -0.4 is 5.73 Å². The summed E-state index contributed by atoms with van der Waals surface area (Å²) in [6.45, 7) is 1.74. The Kier molecular flexibility index (Phi) is 3.42. The van der Waals surface area contributed by atoms with Gasteiger partial charge < -0.3 is 5.73 Å². The highest BCUT2D eigenvalue weighted by atomic mass is 19.4. The van der Waals surface area contributed by atoms with Crippen LogP contribution in [-0.2, 0) is 11.0 Å². The van der Waals surface area contributed by atoms with E-state index in [4.69, 9.17) is 5.73 Å². The van der Waals surface area contributed by atoms with Gasteiger partial charge in [0, 0.05) is 17.5 Å². The molecule has 0 aliphatic heterocycles. The first-order valence-corrected chi connectivity index (χ1v) is 5.92. The minimum Gasteiger partial charge on any atom is -0.369 e. The predicted molar refractivity (Wildman–Crippen MR) is 63.9 cm³/mol. The second-order valence-electron chi connectivity index (χ2n) is 5.06. The van der Waals surface area contributed by atoms with Crippen LogP contribution in [-0.4, -0.2) is 15.9 Å². The highest BCUT2D eigenvalue weighted by molar-refractivity contribution is 5.81. The number of carbonyl (C=O) groups is 1. The second-order valence-corrected chi connectivity index (χ2v) is 5.06. The fourth-order valence-corrected chi connectivity index (χ4v) is 2.07. The molecular formula is C13H12F3N3O. The lowest BCUT2D eigenvalue weighted by molar-refractivity contribution is -0.141. The zero-order chi connectivity index (χ0) is 15.0. The molecule has 20 heavy (non-hydrogen) atoms. The standard InChI is InChI=1S/C13H12F3N3O/c1-12(11(17)20)6-8(7-12)2-3-10-18-5-4-9(19-10)13(14,15)16/h4-5,8H,6-7H2,1H3,(H2,17,20). The summed E-state index contributed by atoms with van der Waals surface area (Å²) in [6.07, 6.45) is -2.48. The Morgan fingerprint density at radius 1 is 1.50 bits per heavy atom. The highest BCUT2D eigenvalue weighted by Gasteiger charge is 2.44. The van der Waals surface area contributed by atoms with Crippen LogP contribution in [0.4, 0.5) is 13.2 Å². The van der Waals surface area contributed by atoms with E-state index in [1.54, 1.807) is 6.92 Å². The molecule has 1 saturated carbocycles. The van der Waals surface area contributed by atoms with Gasteiger partial charge in [-0.25, -0.2) is 9.97 Å². The number of carbonyl (C=O) groups excluding carboxylic acids is 1. The number of primary amides is 1. The number of nitrogens with zero attached hydrogens (tertiary/aromatic N) is 2. The van der Waals surface area contributed by atoms with Crippen LogP contribution in [0.5, 0.6) is 0 Å². The summed E-state index contributed by atoms with van der Waals surface area (Å²) in [5, 5.41) is 0. The van der Waals surface area contributed by atoms with Crippen molar-refractivity contribution in [3.05, 3.63) is 23.8 Å². The van der Waals surface area contributed by atoms with Gasteiger partial charge in [-0.15, -0.1) is 0 Å². The third kappa shape index (κ3) is 2.90. The summed E-state index contributed by atoms with van der Waals surface area (Å²) in [4.78, 5) is 18.1. The summed E-state index contributed by atoms with van der Waals surface area (Å²) in [5.41, 5.74) is 3.65. The Hall–Kier alpha value is -2.10. The maximum Gasteiger partial charge on any atom is 0.433 e. The van der Waals surface area contributed by atoms with Crippen LogP contribution in [0.15, 0.2) is 12.3 Å². The Bertz CT molecular complexity index is 595. The lowest BCUT2D eigenvalue weighted by atomic mass is 9.63. The third-order valence-corrected chi connectivity index (χ3v) is 3.32. The Morgan fingerprint density at radius 2 is 2.15 bits per heavy atom. The van der Waals surface area contributed by atoms with Crippen molar-refractivity contribution in [3.63, 3.8) is 0 Å². The van der Waals surface area contributed by atoms with Gasteiger partial charge in [0.1, 0.15) is 5.69 Å². The molecule has 2 rings (SSSR count). The first-order valence-electron chi connectivity index (χ1n) is 5.92. The monoisotopic (exact) mass is 283 g/mol. The maximum absolute atomic E-state index is 12.4. The van der Waals surface area contributed by atoms with Crippen molar-refractivity contribution in [2.75, 3.05) is 0 Å². The highest BCUT2D eigenvalue weighted by Crippen LogP contribution is 2.44. The molecule has 0 bridgehead atoms. The van der Waals surface area contributed by atoms with E-state index in [0.717, 1.165) is 12.3 Å². The lowest BCUT2D eigenvalue weighted by Crippen LogP contribution is -2.44. The van der Waals surface area contributed by atoms with Crippen molar-refractivity contribution in [3.8, 4) is 11.8 Å². The molecule has 1 aromatic heterocycles. The summed E-state index contributed by atoms with van der Waals surface area (Å²) in [7, 11) is 0. The molecular weight excluding hydrogens is 271 g/mol. The molecule has 4 nitrogen and oxygen atoms in total. The van der Waals surface area contributed by atoms with E-state index in [-0.39, 0.29) is 17.6 Å². The minimum absolute atomic E-state index is 0.0642. The summed E-state index contributed by atoms with van der Waals surface area (Å²) in [6, 6.07) is 0.790. The number of aromatic nitrogens is 2. The van der Waals surface area contributed by atoms with Crippen molar-refractivity contribution in [1.29, 1.82) is 0 Å². The van der Waals surface area contributed by atoms with Crippen LogP contribution in [0, 0.1) is 23.2 Å². The molecule has 1 aliphatic rings. The zero-order valence-electron chi connectivity index (χ0n) is 10.7. The summed E-state index contributed by atoms with van der Waals surface area (Å²) >= 11 is 0. The van der Waals surface area contributed by atoms with Crippen LogP contribution in [0.25, 0.3) is 0 Å². The predicted octanol–water partition coefficient (Wildman–Crippen LogP) is 1.75. The van der Waals surface area contributed by atoms with Gasteiger partial charge in [0.05, 0.1) is 0 Å². The molecule has 1 fully saturated rings. The van der Waals surface area contributed by atoms with Crippen molar-refractivity contribution < 1.29 is 18.0 Å². The van der Waals surface area contributed by atoms with Crippen molar-refractivity contribution >= 4 is 5.91 Å². The SMILES string of the molecule is CC1(C(N)=O)CC(C#Cc2nccc(C(F)(F)F)n2)C1. The topological polar surface area (TPSA) is 68.9 Å². The van der Waals surface area contributed by atoms with Crippen LogP contribution in [0.2, 0.25) is 0 Å². The van der Waals surface area contributed by atoms with Gasteiger partial charge >= 0.3 is 6.18 Å². The average Bonchev–Trinajstić information content (AvgIpc) is 2.32. The van der Waals surface area contributed by atoms with Gasteiger partial charge in [0.2, 0.25) is 11.7 Å². The van der Waals surface area contributed by atoms with E-state index in [1.165, 1.54) is 0 Å². The fourth-order valence-electron chi connectivity index (χ4n) is 2.07. The first-order chi connectivity index (χ1) is 9.21. The number of hydrogen-bond acceptors (Lipinski definition) is 3. The van der Waals surface area contributed by atoms with Crippen molar-refractivity contribution in [1.82, 2.24) is 9.97 Å². The molecule has 1 heterocycles. The first kappa shape index (κ1) is 14.3. The van der Waals surface area contributed by atoms with Crippen molar-refractivity contribution in [2.45, 2.75) is 25.9 Å². The number of hydrogen-bond donors (Lipinski definition) is 1. The maximum atomic E-state index is 12.4. The largest absolute Gasteiger partial charge is 0.433 e. The van der Waals surface area contributed by atoms with E-state index in [9.17, 15) is 18.0 Å². The molecule has 1 amide bonds. The zero-order valence-corrected chi connectivity index (χ0v) is 10.7. The average molecular weight is 283 g/mol. The van der Waals surface area contributed by atoms with E-state index in [1.807, 2.05) is 0 Å². The smallest absolute Gasteiger partial charge is 0.369 e.